The number of fused-ring (bicyclic) bond motifs is 2. The van der Waals surface area contributed by atoms with E-state index in [9.17, 15) is 14.9 Å². The first-order valence-corrected chi connectivity index (χ1v) is 18.9. The average molecular weight is 785 g/mol. The molecule has 6 rings (SSSR count). The number of likely N-dealkylation sites (N-methyl/N-ethyl adjacent to an activating group) is 1. The number of piperazine rings is 1. The van der Waals surface area contributed by atoms with E-state index in [2.05, 4.69) is 26.3 Å². The van der Waals surface area contributed by atoms with E-state index >= 15 is 8.78 Å². The summed E-state index contributed by atoms with van der Waals surface area (Å²) in [5.41, 5.74) is -1.42. The van der Waals surface area contributed by atoms with Gasteiger partial charge in [0.25, 0.3) is 0 Å². The van der Waals surface area contributed by atoms with Gasteiger partial charge in [-0.3, -0.25) is 5.32 Å². The Morgan fingerprint density at radius 1 is 1.04 bits per heavy atom. The van der Waals surface area contributed by atoms with Gasteiger partial charge in [0, 0.05) is 42.2 Å². The van der Waals surface area contributed by atoms with Crippen LogP contribution in [-0.4, -0.2) is 100 Å². The summed E-state index contributed by atoms with van der Waals surface area (Å²) in [6.07, 6.45) is 0.657. The number of aromatic nitrogens is 3. The largest absolute Gasteiger partial charge is 0.462 e. The quantitative estimate of drug-likeness (QED) is 0.195. The van der Waals surface area contributed by atoms with Crippen molar-refractivity contribution in [3.05, 3.63) is 34.9 Å². The fourth-order valence-electron chi connectivity index (χ4n) is 6.58. The van der Waals surface area contributed by atoms with E-state index in [4.69, 9.17) is 30.8 Å². The minimum atomic E-state index is -0.812. The number of anilines is 2. The number of carbonyl (C=O) groups is 2. The van der Waals surface area contributed by atoms with Crippen molar-refractivity contribution < 1.29 is 32.6 Å². The van der Waals surface area contributed by atoms with Crippen LogP contribution in [0.15, 0.2) is 18.2 Å². The van der Waals surface area contributed by atoms with Crippen LogP contribution in [0, 0.1) is 23.0 Å². The van der Waals surface area contributed by atoms with Gasteiger partial charge in [-0.25, -0.2) is 23.4 Å². The number of likely N-dealkylation sites (tertiary alicyclic amines) is 1. The molecule has 13 nitrogen and oxygen atoms in total. The molecule has 4 aromatic rings. The number of ether oxygens (including phenoxy) is 3. The van der Waals surface area contributed by atoms with Crippen molar-refractivity contribution in [2.45, 2.75) is 84.1 Å². The van der Waals surface area contributed by atoms with Gasteiger partial charge in [-0.2, -0.15) is 15.2 Å². The van der Waals surface area contributed by atoms with Gasteiger partial charge >= 0.3 is 18.2 Å². The minimum Gasteiger partial charge on any atom is -0.462 e. The highest BCUT2D eigenvalue weighted by molar-refractivity contribution is 7.22. The number of rotatable bonds is 7. The number of benzene rings is 2. The van der Waals surface area contributed by atoms with Crippen LogP contribution < -0.4 is 15.0 Å². The van der Waals surface area contributed by atoms with Crippen LogP contribution in [0.1, 0.15) is 60.8 Å². The van der Waals surface area contributed by atoms with Crippen molar-refractivity contribution in [1.82, 2.24) is 24.8 Å². The SMILES string of the molecule is CN1CCC[C@H]1COc1nc(N2CCN(C(=O)OC(C)(C)C)C(CC#N)C2)c2cc(Cl)c(-c3ccc(F)c4sc(NC(=O)OC(C)(C)C)nc34)c(F)c2n1. The normalized spacial score (nSPS) is 18.2. The molecule has 54 heavy (non-hydrogen) atoms. The molecule has 0 saturated carbocycles. The van der Waals surface area contributed by atoms with E-state index in [0.29, 0.717) is 5.82 Å². The lowest BCUT2D eigenvalue weighted by Crippen LogP contribution is -2.56. The lowest BCUT2D eigenvalue weighted by molar-refractivity contribution is 0.0144. The standard InChI is InChI=1S/C37H43ClF2N8O5S/c1-36(2,3)52-34(49)45-33-43-29-22(10-11-25(39)30(29)54-33)26-24(38)17-23-28(27(26)40)42-32(51-19-21-9-8-14-46(21)7)44-31(23)47-15-16-48(20(18-47)12-13-41)35(50)53-37(4,5)6/h10-11,17,20-21H,8-9,12,14-16,18-19H2,1-7H3,(H,43,45,49)/t20?,21-/m0/s1. The highest BCUT2D eigenvalue weighted by atomic mass is 35.5. The number of nitrogens with one attached hydrogen (secondary N) is 1. The first kappa shape index (κ1) is 39.1. The Hall–Kier alpha value is -4.59. The fourth-order valence-corrected chi connectivity index (χ4v) is 7.76. The number of carbonyl (C=O) groups excluding carboxylic acids is 2. The Labute approximate surface area is 321 Å². The first-order chi connectivity index (χ1) is 25.4. The summed E-state index contributed by atoms with van der Waals surface area (Å²) in [6.45, 7) is 12.3. The summed E-state index contributed by atoms with van der Waals surface area (Å²) in [6, 6.07) is 5.78. The molecule has 0 radical (unpaired) electrons. The van der Waals surface area contributed by atoms with Crippen LogP contribution in [0.5, 0.6) is 6.01 Å². The van der Waals surface area contributed by atoms with Crippen LogP contribution in [0.2, 0.25) is 5.02 Å². The topological polar surface area (TPSA) is 146 Å². The first-order valence-electron chi connectivity index (χ1n) is 17.7. The average Bonchev–Trinajstić information content (AvgIpc) is 3.69. The van der Waals surface area contributed by atoms with Gasteiger partial charge in [-0.1, -0.05) is 22.9 Å². The molecule has 2 aromatic carbocycles. The summed E-state index contributed by atoms with van der Waals surface area (Å²) < 4.78 is 49.4. The lowest BCUT2D eigenvalue weighted by atomic mass is 10.0. The van der Waals surface area contributed by atoms with Gasteiger partial charge in [0.1, 0.15) is 35.0 Å². The Kier molecular flexibility index (Phi) is 11.1. The summed E-state index contributed by atoms with van der Waals surface area (Å²) >= 11 is 7.77. The Morgan fingerprint density at radius 2 is 1.78 bits per heavy atom. The molecule has 0 bridgehead atoms. The van der Waals surface area contributed by atoms with Crippen molar-refractivity contribution in [2.75, 3.05) is 50.1 Å². The zero-order valence-electron chi connectivity index (χ0n) is 31.3. The molecule has 2 aliphatic rings. The van der Waals surface area contributed by atoms with Gasteiger partial charge < -0.3 is 28.9 Å². The highest BCUT2D eigenvalue weighted by Crippen LogP contribution is 2.43. The number of amides is 2. The maximum Gasteiger partial charge on any atom is 0.413 e. The van der Waals surface area contributed by atoms with Crippen LogP contribution in [0.3, 0.4) is 0 Å². The zero-order valence-corrected chi connectivity index (χ0v) is 32.8. The van der Waals surface area contributed by atoms with Gasteiger partial charge in [0.05, 0.1) is 33.8 Å². The molecule has 2 fully saturated rings. The summed E-state index contributed by atoms with van der Waals surface area (Å²) in [7, 11) is 2.01. The molecular formula is C37H43ClF2N8O5S. The maximum absolute atomic E-state index is 17.1. The smallest absolute Gasteiger partial charge is 0.413 e. The van der Waals surface area contributed by atoms with E-state index in [1.54, 1.807) is 47.6 Å². The number of hydrogen-bond acceptors (Lipinski definition) is 12. The second-order valence-corrected chi connectivity index (χ2v) is 16.8. The molecule has 2 aliphatic heterocycles. The second kappa shape index (κ2) is 15.3. The third kappa shape index (κ3) is 8.53. The van der Waals surface area contributed by atoms with Crippen molar-refractivity contribution >= 4 is 67.2 Å². The number of thiazole rings is 1. The van der Waals surface area contributed by atoms with Crippen LogP contribution in [-0.2, 0) is 9.47 Å². The molecule has 4 heterocycles. The summed E-state index contributed by atoms with van der Waals surface area (Å²) in [5.74, 6) is -1.11. The molecule has 0 spiro atoms. The van der Waals surface area contributed by atoms with E-state index in [1.165, 1.54) is 17.0 Å². The summed E-state index contributed by atoms with van der Waals surface area (Å²) in [5, 5.41) is 12.5. The summed E-state index contributed by atoms with van der Waals surface area (Å²) in [4.78, 5) is 45.0. The number of nitriles is 1. The predicted octanol–water partition coefficient (Wildman–Crippen LogP) is 8.00. The predicted molar refractivity (Wildman–Crippen MR) is 203 cm³/mol. The van der Waals surface area contributed by atoms with Gasteiger partial charge in [0.2, 0.25) is 0 Å². The lowest BCUT2D eigenvalue weighted by Gasteiger charge is -2.41. The molecule has 1 N–H and O–H groups in total. The fraction of sp³-hybridized carbons (Fsp3) is 0.514. The monoisotopic (exact) mass is 784 g/mol. The van der Waals surface area contributed by atoms with Crippen molar-refractivity contribution in [1.29, 1.82) is 5.26 Å². The number of halogens is 3. The third-order valence-corrected chi connectivity index (χ3v) is 10.3. The molecule has 2 amide bonds. The third-order valence-electron chi connectivity index (χ3n) is 9.03. The van der Waals surface area contributed by atoms with Crippen molar-refractivity contribution in [3.8, 4) is 23.2 Å². The zero-order chi connectivity index (χ0) is 39.1. The molecule has 2 atom stereocenters. The van der Waals surface area contributed by atoms with Crippen LogP contribution >= 0.6 is 22.9 Å². The number of hydrogen-bond donors (Lipinski definition) is 1. The van der Waals surface area contributed by atoms with Gasteiger partial charge in [0.15, 0.2) is 10.9 Å². The Morgan fingerprint density at radius 3 is 2.44 bits per heavy atom. The van der Waals surface area contributed by atoms with Crippen LogP contribution in [0.4, 0.5) is 29.3 Å². The number of nitrogens with zero attached hydrogens (tertiary/aromatic N) is 7. The highest BCUT2D eigenvalue weighted by Gasteiger charge is 2.35. The Balaban J connectivity index is 1.43. The molecule has 2 saturated heterocycles. The van der Waals surface area contributed by atoms with E-state index < -0.39 is 41.1 Å². The molecule has 288 valence electrons. The van der Waals surface area contributed by atoms with Crippen LogP contribution in [0.25, 0.3) is 32.2 Å². The van der Waals surface area contributed by atoms with Gasteiger partial charge in [-0.05, 0) is 86.2 Å². The minimum absolute atomic E-state index is 0.0189. The molecule has 2 aromatic heterocycles. The van der Waals surface area contributed by atoms with E-state index in [0.717, 1.165) is 30.7 Å². The van der Waals surface area contributed by atoms with Crippen molar-refractivity contribution in [2.24, 2.45) is 0 Å². The maximum atomic E-state index is 17.1. The second-order valence-electron chi connectivity index (χ2n) is 15.4. The molecule has 1 unspecified atom stereocenters. The molecular weight excluding hydrogens is 742 g/mol. The molecule has 0 aliphatic carbocycles. The molecule has 17 heteroatoms. The van der Waals surface area contributed by atoms with Crippen molar-refractivity contribution in [3.63, 3.8) is 0 Å². The Bertz CT molecular complexity index is 2130. The van der Waals surface area contributed by atoms with E-state index in [-0.39, 0.29) is 87.1 Å². The van der Waals surface area contributed by atoms with Gasteiger partial charge in [-0.15, -0.1) is 0 Å². The van der Waals surface area contributed by atoms with E-state index in [1.807, 2.05) is 11.9 Å².